The molecule has 2 fully saturated rings. The first-order valence-electron chi connectivity index (χ1n) is 10.8. The van der Waals surface area contributed by atoms with Crippen LogP contribution in [0.15, 0.2) is 0 Å². The van der Waals surface area contributed by atoms with Gasteiger partial charge in [-0.15, -0.1) is 0 Å². The molecule has 2 amide bonds. The summed E-state index contributed by atoms with van der Waals surface area (Å²) in [7, 11) is 0. The monoisotopic (exact) mass is 426 g/mol. The van der Waals surface area contributed by atoms with Gasteiger partial charge >= 0.3 is 18.0 Å². The lowest BCUT2D eigenvalue weighted by Crippen LogP contribution is -2.51. The summed E-state index contributed by atoms with van der Waals surface area (Å²) in [5.41, 5.74) is -0.691. The molecule has 1 heterocycles. The lowest BCUT2D eigenvalue weighted by molar-refractivity contribution is -0.151. The molecule has 9 heteroatoms. The second kappa shape index (κ2) is 10.6. The van der Waals surface area contributed by atoms with Crippen LogP contribution in [0, 0.1) is 0 Å². The van der Waals surface area contributed by atoms with Gasteiger partial charge in [0.05, 0.1) is 0 Å². The van der Waals surface area contributed by atoms with Crippen molar-refractivity contribution in [3.05, 3.63) is 0 Å². The van der Waals surface area contributed by atoms with E-state index in [2.05, 4.69) is 5.32 Å². The molecule has 9 nitrogen and oxygen atoms in total. The van der Waals surface area contributed by atoms with E-state index in [0.29, 0.717) is 19.4 Å². The highest BCUT2D eigenvalue weighted by Gasteiger charge is 2.38. The van der Waals surface area contributed by atoms with E-state index < -0.39 is 41.6 Å². The molecule has 0 aromatic rings. The molecule has 2 N–H and O–H groups in total. The summed E-state index contributed by atoms with van der Waals surface area (Å²) in [6.45, 7) is 5.59. The molecule has 2 aliphatic rings. The van der Waals surface area contributed by atoms with Crippen molar-refractivity contribution in [2.75, 3.05) is 6.54 Å². The number of nitrogens with zero attached hydrogens (tertiary/aromatic N) is 1. The van der Waals surface area contributed by atoms with Gasteiger partial charge in [-0.2, -0.15) is 0 Å². The Kier molecular flexibility index (Phi) is 8.49. The third kappa shape index (κ3) is 7.50. The standard InChI is InChI=1S/C21H34N2O7/c1-21(2,3)30-20(28)23-13-7-10-16(23)18(25)22-15(19(26)27)11-12-17(24)29-14-8-5-4-6-9-14/h14-16H,4-13H2,1-3H3,(H,22,25)(H,26,27)/t15-,16-/m0/s1. The maximum Gasteiger partial charge on any atom is 0.410 e. The van der Waals surface area contributed by atoms with Gasteiger partial charge in [0.1, 0.15) is 23.8 Å². The summed E-state index contributed by atoms with van der Waals surface area (Å²) in [5, 5.41) is 11.9. The van der Waals surface area contributed by atoms with Crippen molar-refractivity contribution >= 4 is 23.9 Å². The first-order chi connectivity index (χ1) is 14.1. The number of carbonyl (C=O) groups excluding carboxylic acids is 3. The Bertz CT molecular complexity index is 638. The minimum Gasteiger partial charge on any atom is -0.480 e. The molecule has 30 heavy (non-hydrogen) atoms. The predicted octanol–water partition coefficient (Wildman–Crippen LogP) is 2.61. The Morgan fingerprint density at radius 3 is 2.33 bits per heavy atom. The molecule has 0 bridgehead atoms. The van der Waals surface area contributed by atoms with Gasteiger partial charge in [0.25, 0.3) is 0 Å². The van der Waals surface area contributed by atoms with Gasteiger partial charge in [-0.05, 0) is 65.7 Å². The van der Waals surface area contributed by atoms with Crippen molar-refractivity contribution in [3.8, 4) is 0 Å². The molecule has 2 rings (SSSR count). The van der Waals surface area contributed by atoms with E-state index >= 15 is 0 Å². The lowest BCUT2D eigenvalue weighted by Gasteiger charge is -2.28. The molecular formula is C21H34N2O7. The van der Waals surface area contributed by atoms with Crippen LogP contribution in [0.25, 0.3) is 0 Å². The van der Waals surface area contributed by atoms with E-state index in [0.717, 1.165) is 32.1 Å². The third-order valence-corrected chi connectivity index (χ3v) is 5.29. The van der Waals surface area contributed by atoms with Crippen molar-refractivity contribution in [1.29, 1.82) is 0 Å². The molecule has 1 aliphatic carbocycles. The first-order valence-corrected chi connectivity index (χ1v) is 10.8. The fourth-order valence-electron chi connectivity index (χ4n) is 3.79. The van der Waals surface area contributed by atoms with Crippen molar-refractivity contribution in [2.45, 2.75) is 102 Å². The van der Waals surface area contributed by atoms with Gasteiger partial charge in [-0.3, -0.25) is 14.5 Å². The number of amides is 2. The number of esters is 1. The van der Waals surface area contributed by atoms with E-state index in [4.69, 9.17) is 9.47 Å². The molecule has 1 saturated carbocycles. The van der Waals surface area contributed by atoms with E-state index in [-0.39, 0.29) is 18.9 Å². The van der Waals surface area contributed by atoms with Gasteiger partial charge in [-0.25, -0.2) is 9.59 Å². The van der Waals surface area contributed by atoms with Crippen LogP contribution in [-0.2, 0) is 23.9 Å². The molecule has 2 atom stereocenters. The maximum atomic E-state index is 12.7. The molecule has 0 unspecified atom stereocenters. The Morgan fingerprint density at radius 1 is 1.07 bits per heavy atom. The number of rotatable bonds is 7. The highest BCUT2D eigenvalue weighted by atomic mass is 16.6. The van der Waals surface area contributed by atoms with Crippen LogP contribution in [0.3, 0.4) is 0 Å². The van der Waals surface area contributed by atoms with E-state index in [1.807, 2.05) is 0 Å². The number of ether oxygens (including phenoxy) is 2. The number of hydrogen-bond donors (Lipinski definition) is 2. The van der Waals surface area contributed by atoms with Gasteiger partial charge in [-0.1, -0.05) is 6.42 Å². The predicted molar refractivity (Wildman–Crippen MR) is 108 cm³/mol. The topological polar surface area (TPSA) is 122 Å². The normalized spacial score (nSPS) is 21.0. The van der Waals surface area contributed by atoms with Gasteiger partial charge in [0, 0.05) is 13.0 Å². The van der Waals surface area contributed by atoms with Crippen molar-refractivity contribution < 1.29 is 33.8 Å². The smallest absolute Gasteiger partial charge is 0.410 e. The minimum atomic E-state index is -1.23. The van der Waals surface area contributed by atoms with Crippen molar-refractivity contribution in [3.63, 3.8) is 0 Å². The number of carbonyl (C=O) groups is 4. The fourth-order valence-corrected chi connectivity index (χ4v) is 3.79. The number of carboxylic acids is 1. The number of carboxylic acid groups (broad SMARTS) is 1. The van der Waals surface area contributed by atoms with E-state index in [1.54, 1.807) is 20.8 Å². The zero-order valence-electron chi connectivity index (χ0n) is 18.1. The Labute approximate surface area is 177 Å². The molecule has 0 aromatic heterocycles. The molecule has 1 aliphatic heterocycles. The highest BCUT2D eigenvalue weighted by Crippen LogP contribution is 2.22. The average molecular weight is 427 g/mol. The summed E-state index contributed by atoms with van der Waals surface area (Å²) in [6.07, 6.45) is 5.10. The molecule has 1 saturated heterocycles. The molecule has 170 valence electrons. The summed E-state index contributed by atoms with van der Waals surface area (Å²) in [6, 6.07) is -2.01. The van der Waals surface area contributed by atoms with Crippen LogP contribution in [0.4, 0.5) is 4.79 Å². The Hall–Kier alpha value is -2.32. The van der Waals surface area contributed by atoms with Crippen LogP contribution in [-0.4, -0.2) is 64.3 Å². The van der Waals surface area contributed by atoms with Gasteiger partial charge in [0.2, 0.25) is 5.91 Å². The number of nitrogens with one attached hydrogen (secondary N) is 1. The molecule has 0 spiro atoms. The molecule has 0 radical (unpaired) electrons. The average Bonchev–Trinajstić information content (AvgIpc) is 3.14. The van der Waals surface area contributed by atoms with Crippen LogP contribution in [0.5, 0.6) is 0 Å². The second-order valence-corrected chi connectivity index (χ2v) is 9.02. The highest BCUT2D eigenvalue weighted by molar-refractivity contribution is 5.89. The molecular weight excluding hydrogens is 392 g/mol. The summed E-state index contributed by atoms with van der Waals surface area (Å²) < 4.78 is 10.7. The van der Waals surface area contributed by atoms with Gasteiger partial charge < -0.3 is 19.9 Å². The summed E-state index contributed by atoms with van der Waals surface area (Å²) >= 11 is 0. The Morgan fingerprint density at radius 2 is 1.73 bits per heavy atom. The zero-order chi connectivity index (χ0) is 22.3. The van der Waals surface area contributed by atoms with Crippen LogP contribution < -0.4 is 5.32 Å². The first kappa shape index (κ1) is 24.0. The Balaban J connectivity index is 1.87. The maximum absolute atomic E-state index is 12.7. The largest absolute Gasteiger partial charge is 0.480 e. The number of hydrogen-bond acceptors (Lipinski definition) is 6. The van der Waals surface area contributed by atoms with Crippen LogP contribution in [0.2, 0.25) is 0 Å². The second-order valence-electron chi connectivity index (χ2n) is 9.02. The lowest BCUT2D eigenvalue weighted by atomic mass is 9.98. The SMILES string of the molecule is CC(C)(C)OC(=O)N1CCC[C@H]1C(=O)N[C@@H](CCC(=O)OC1CCCCC1)C(=O)O. The minimum absolute atomic E-state index is 0.0637. The molecule has 0 aromatic carbocycles. The zero-order valence-corrected chi connectivity index (χ0v) is 18.1. The van der Waals surface area contributed by atoms with Gasteiger partial charge in [0.15, 0.2) is 0 Å². The van der Waals surface area contributed by atoms with E-state index in [9.17, 15) is 24.3 Å². The number of likely N-dealkylation sites (tertiary alicyclic amines) is 1. The third-order valence-electron chi connectivity index (χ3n) is 5.29. The summed E-state index contributed by atoms with van der Waals surface area (Å²) in [5.74, 6) is -2.22. The van der Waals surface area contributed by atoms with E-state index in [1.165, 1.54) is 4.90 Å². The van der Waals surface area contributed by atoms with Crippen molar-refractivity contribution in [1.82, 2.24) is 10.2 Å². The van der Waals surface area contributed by atoms with Crippen LogP contribution >= 0.6 is 0 Å². The van der Waals surface area contributed by atoms with Crippen molar-refractivity contribution in [2.24, 2.45) is 0 Å². The summed E-state index contributed by atoms with van der Waals surface area (Å²) in [4.78, 5) is 50.0. The quantitative estimate of drug-likeness (QED) is 0.600. The fraction of sp³-hybridized carbons (Fsp3) is 0.810. The number of aliphatic carboxylic acids is 1. The van der Waals surface area contributed by atoms with Crippen LogP contribution in [0.1, 0.15) is 78.6 Å².